The summed E-state index contributed by atoms with van der Waals surface area (Å²) in [5.41, 5.74) is 1.48. The highest BCUT2D eigenvalue weighted by Crippen LogP contribution is 2.27. The van der Waals surface area contributed by atoms with E-state index in [9.17, 15) is 9.59 Å². The molecule has 0 spiro atoms. The van der Waals surface area contributed by atoms with Crippen molar-refractivity contribution in [1.82, 2.24) is 15.1 Å². The summed E-state index contributed by atoms with van der Waals surface area (Å²) in [6.45, 7) is 4.49. The van der Waals surface area contributed by atoms with Gasteiger partial charge in [-0.1, -0.05) is 23.7 Å². The summed E-state index contributed by atoms with van der Waals surface area (Å²) in [6.07, 6.45) is 4.26. The summed E-state index contributed by atoms with van der Waals surface area (Å²) in [5.74, 6) is 0.998. The van der Waals surface area contributed by atoms with E-state index in [1.807, 2.05) is 23.1 Å². The summed E-state index contributed by atoms with van der Waals surface area (Å²) < 4.78 is 10.5. The van der Waals surface area contributed by atoms with Gasteiger partial charge in [0.15, 0.2) is 11.5 Å². The van der Waals surface area contributed by atoms with Gasteiger partial charge in [-0.2, -0.15) is 0 Å². The minimum Gasteiger partial charge on any atom is -0.493 e. The van der Waals surface area contributed by atoms with Gasteiger partial charge >= 0.3 is 0 Å². The fourth-order valence-electron chi connectivity index (χ4n) is 3.62. The van der Waals surface area contributed by atoms with E-state index in [2.05, 4.69) is 10.2 Å². The number of nitrogens with zero attached hydrogens (tertiary/aromatic N) is 2. The first kappa shape index (κ1) is 24.6. The molecule has 0 atom stereocenters. The maximum absolute atomic E-state index is 12.4. The van der Waals surface area contributed by atoms with E-state index in [-0.39, 0.29) is 11.8 Å². The van der Waals surface area contributed by atoms with Crippen molar-refractivity contribution < 1.29 is 19.1 Å². The van der Waals surface area contributed by atoms with Gasteiger partial charge < -0.3 is 19.7 Å². The van der Waals surface area contributed by atoms with Crippen molar-refractivity contribution in [2.45, 2.75) is 6.42 Å². The molecule has 7 nitrogen and oxygen atoms in total. The highest BCUT2D eigenvalue weighted by molar-refractivity contribution is 6.30. The lowest BCUT2D eigenvalue weighted by atomic mass is 10.2. The van der Waals surface area contributed by atoms with Crippen LogP contribution in [0.2, 0.25) is 5.02 Å². The van der Waals surface area contributed by atoms with Crippen LogP contribution < -0.4 is 14.8 Å². The summed E-state index contributed by atoms with van der Waals surface area (Å²) in [7, 11) is 3.11. The molecule has 0 bridgehead atoms. The zero-order chi connectivity index (χ0) is 23.6. The van der Waals surface area contributed by atoms with Gasteiger partial charge in [0, 0.05) is 49.4 Å². The highest BCUT2D eigenvalue weighted by atomic mass is 35.5. The largest absolute Gasteiger partial charge is 0.493 e. The molecule has 8 heteroatoms. The van der Waals surface area contributed by atoms with Gasteiger partial charge in [0.1, 0.15) is 0 Å². The average Bonchev–Trinajstić information content (AvgIpc) is 2.85. The number of rotatable bonds is 9. The Morgan fingerprint density at radius 2 is 1.70 bits per heavy atom. The molecule has 0 aliphatic carbocycles. The Balaban J connectivity index is 1.35. The smallest absolute Gasteiger partial charge is 0.251 e. The van der Waals surface area contributed by atoms with E-state index in [4.69, 9.17) is 21.1 Å². The van der Waals surface area contributed by atoms with Gasteiger partial charge in [-0.05, 0) is 54.9 Å². The number of benzene rings is 2. The minimum atomic E-state index is -0.140. The predicted molar refractivity (Wildman–Crippen MR) is 130 cm³/mol. The van der Waals surface area contributed by atoms with Gasteiger partial charge in [-0.15, -0.1) is 0 Å². The molecule has 2 aromatic carbocycles. The fourth-order valence-corrected chi connectivity index (χ4v) is 3.75. The van der Waals surface area contributed by atoms with Crippen molar-refractivity contribution in [1.29, 1.82) is 0 Å². The molecule has 0 aromatic heterocycles. The Kier molecular flexibility index (Phi) is 9.15. The topological polar surface area (TPSA) is 71.1 Å². The van der Waals surface area contributed by atoms with Crippen LogP contribution in [0.15, 0.2) is 48.5 Å². The van der Waals surface area contributed by atoms with Gasteiger partial charge in [0.25, 0.3) is 5.91 Å². The minimum absolute atomic E-state index is 0.0202. The Hall–Kier alpha value is -3.03. The molecular weight excluding hydrogens is 442 g/mol. The lowest BCUT2D eigenvalue weighted by molar-refractivity contribution is -0.127. The predicted octanol–water partition coefficient (Wildman–Crippen LogP) is 3.33. The van der Waals surface area contributed by atoms with Crippen LogP contribution in [0.4, 0.5) is 0 Å². The molecule has 1 N–H and O–H groups in total. The zero-order valence-corrected chi connectivity index (χ0v) is 19.8. The van der Waals surface area contributed by atoms with E-state index in [0.717, 1.165) is 31.6 Å². The Morgan fingerprint density at radius 1 is 1.00 bits per heavy atom. The van der Waals surface area contributed by atoms with Crippen LogP contribution in [0.5, 0.6) is 11.5 Å². The van der Waals surface area contributed by atoms with Crippen molar-refractivity contribution in [3.8, 4) is 11.5 Å². The lowest BCUT2D eigenvalue weighted by Gasteiger charge is -2.34. The van der Waals surface area contributed by atoms with Gasteiger partial charge in [-0.25, -0.2) is 0 Å². The van der Waals surface area contributed by atoms with E-state index in [0.29, 0.717) is 41.7 Å². The number of hydrogen-bond acceptors (Lipinski definition) is 5. The van der Waals surface area contributed by atoms with Crippen molar-refractivity contribution in [2.24, 2.45) is 0 Å². The van der Waals surface area contributed by atoms with Crippen LogP contribution in [0.3, 0.4) is 0 Å². The van der Waals surface area contributed by atoms with Crippen molar-refractivity contribution in [3.63, 3.8) is 0 Å². The van der Waals surface area contributed by atoms with E-state index >= 15 is 0 Å². The average molecular weight is 472 g/mol. The first-order valence-corrected chi connectivity index (χ1v) is 11.3. The standard InChI is InChI=1S/C25H30ClN3O4/c1-32-22-10-7-20(18-23(22)33-2)25(31)27-12-3-13-28-14-16-29(17-15-28)24(30)11-6-19-4-8-21(26)9-5-19/h4-11,18H,3,12-17H2,1-2H3,(H,27,31). The van der Waals surface area contributed by atoms with Crippen LogP contribution in [0.1, 0.15) is 22.3 Å². The lowest BCUT2D eigenvalue weighted by Crippen LogP contribution is -2.48. The molecular formula is C25H30ClN3O4. The third-order valence-corrected chi connectivity index (χ3v) is 5.81. The Bertz CT molecular complexity index is 970. The number of amides is 2. The number of nitrogens with one attached hydrogen (secondary N) is 1. The van der Waals surface area contributed by atoms with Crippen molar-refractivity contribution in [3.05, 3.63) is 64.7 Å². The molecule has 2 aromatic rings. The maximum atomic E-state index is 12.4. The first-order chi connectivity index (χ1) is 16.0. The zero-order valence-electron chi connectivity index (χ0n) is 19.1. The van der Waals surface area contributed by atoms with Crippen LogP contribution in [0.25, 0.3) is 6.08 Å². The van der Waals surface area contributed by atoms with Gasteiger partial charge in [0.2, 0.25) is 5.91 Å². The molecule has 0 saturated carbocycles. The van der Waals surface area contributed by atoms with Gasteiger partial charge in [-0.3, -0.25) is 14.5 Å². The molecule has 1 saturated heterocycles. The molecule has 2 amide bonds. The molecule has 3 rings (SSSR count). The molecule has 0 radical (unpaired) electrons. The number of carbonyl (C=O) groups is 2. The molecule has 1 aliphatic rings. The fraction of sp³-hybridized carbons (Fsp3) is 0.360. The van der Waals surface area contributed by atoms with E-state index < -0.39 is 0 Å². The van der Waals surface area contributed by atoms with Crippen LogP contribution >= 0.6 is 11.6 Å². The second-order valence-electron chi connectivity index (χ2n) is 7.73. The molecule has 176 valence electrons. The van der Waals surface area contributed by atoms with Crippen LogP contribution in [0, 0.1) is 0 Å². The number of hydrogen-bond donors (Lipinski definition) is 1. The first-order valence-electron chi connectivity index (χ1n) is 11.0. The Labute approximate surface area is 199 Å². The maximum Gasteiger partial charge on any atom is 0.251 e. The Morgan fingerprint density at radius 3 is 2.36 bits per heavy atom. The van der Waals surface area contributed by atoms with Crippen LogP contribution in [-0.2, 0) is 4.79 Å². The van der Waals surface area contributed by atoms with Crippen LogP contribution in [-0.4, -0.2) is 75.1 Å². The number of piperazine rings is 1. The number of carbonyl (C=O) groups excluding carboxylic acids is 2. The second kappa shape index (κ2) is 12.3. The van der Waals surface area contributed by atoms with Crippen molar-refractivity contribution >= 4 is 29.5 Å². The van der Waals surface area contributed by atoms with E-state index in [1.165, 1.54) is 0 Å². The van der Waals surface area contributed by atoms with Gasteiger partial charge in [0.05, 0.1) is 14.2 Å². The molecule has 33 heavy (non-hydrogen) atoms. The number of ether oxygens (including phenoxy) is 2. The third kappa shape index (κ3) is 7.23. The highest BCUT2D eigenvalue weighted by Gasteiger charge is 2.19. The summed E-state index contributed by atoms with van der Waals surface area (Å²) >= 11 is 5.89. The van der Waals surface area contributed by atoms with Crippen molar-refractivity contribution in [2.75, 3.05) is 53.5 Å². The molecule has 1 aliphatic heterocycles. The normalized spacial score (nSPS) is 14.3. The number of halogens is 1. The number of methoxy groups -OCH3 is 2. The summed E-state index contributed by atoms with van der Waals surface area (Å²) in [6, 6.07) is 12.5. The second-order valence-corrected chi connectivity index (χ2v) is 8.17. The quantitative estimate of drug-likeness (QED) is 0.448. The summed E-state index contributed by atoms with van der Waals surface area (Å²) in [4.78, 5) is 29.0. The molecule has 0 unspecified atom stereocenters. The third-order valence-electron chi connectivity index (χ3n) is 5.55. The molecule has 1 heterocycles. The monoisotopic (exact) mass is 471 g/mol. The molecule has 1 fully saturated rings. The summed E-state index contributed by atoms with van der Waals surface area (Å²) in [5, 5.41) is 3.62. The SMILES string of the molecule is COc1ccc(C(=O)NCCCN2CCN(C(=O)C=Cc3ccc(Cl)cc3)CC2)cc1OC. The van der Waals surface area contributed by atoms with E-state index in [1.54, 1.807) is 50.6 Å².